The van der Waals surface area contributed by atoms with E-state index in [4.69, 9.17) is 4.74 Å². The number of para-hydroxylation sites is 1. The second-order valence-electron chi connectivity index (χ2n) is 7.55. The van der Waals surface area contributed by atoms with E-state index in [0.29, 0.717) is 13.1 Å². The molecular weight excluding hydrogens is 372 g/mol. The van der Waals surface area contributed by atoms with Gasteiger partial charge in [0.25, 0.3) is 11.8 Å². The highest BCUT2D eigenvalue weighted by molar-refractivity contribution is 7.14. The van der Waals surface area contributed by atoms with Gasteiger partial charge in [-0.2, -0.15) is 0 Å². The summed E-state index contributed by atoms with van der Waals surface area (Å²) < 4.78 is 6.08. The van der Waals surface area contributed by atoms with E-state index in [-0.39, 0.29) is 24.0 Å². The number of thiophene rings is 1. The van der Waals surface area contributed by atoms with E-state index in [2.05, 4.69) is 6.92 Å². The van der Waals surface area contributed by atoms with Crippen LogP contribution >= 0.6 is 11.3 Å². The highest BCUT2D eigenvalue weighted by Gasteiger charge is 2.42. The molecule has 28 heavy (non-hydrogen) atoms. The highest BCUT2D eigenvalue weighted by atomic mass is 32.1. The van der Waals surface area contributed by atoms with Crippen molar-refractivity contribution in [3.05, 3.63) is 52.2 Å². The van der Waals surface area contributed by atoms with Gasteiger partial charge in [-0.25, -0.2) is 0 Å². The minimum atomic E-state index is -0.372. The molecule has 2 saturated heterocycles. The largest absolute Gasteiger partial charge is 0.363 e. The molecule has 1 atom stereocenters. The Hall–Kier alpha value is -2.18. The van der Waals surface area contributed by atoms with Crippen LogP contribution in [-0.2, 0) is 16.0 Å². The number of amides is 2. The van der Waals surface area contributed by atoms with Crippen LogP contribution in [0, 0.1) is 0 Å². The maximum absolute atomic E-state index is 12.9. The van der Waals surface area contributed by atoms with Crippen LogP contribution in [0.1, 0.15) is 40.7 Å². The zero-order chi connectivity index (χ0) is 19.6. The summed E-state index contributed by atoms with van der Waals surface area (Å²) in [4.78, 5) is 31.2. The van der Waals surface area contributed by atoms with Gasteiger partial charge in [-0.1, -0.05) is 25.1 Å². The van der Waals surface area contributed by atoms with Crippen molar-refractivity contribution in [1.82, 2.24) is 4.90 Å². The third-order valence-electron chi connectivity index (χ3n) is 5.72. The maximum Gasteiger partial charge on any atom is 0.263 e. The first kappa shape index (κ1) is 19.2. The molecule has 0 bridgehead atoms. The molecule has 1 aromatic heterocycles. The van der Waals surface area contributed by atoms with E-state index in [1.807, 2.05) is 52.3 Å². The zero-order valence-corrected chi connectivity index (χ0v) is 17.0. The number of morpholine rings is 1. The lowest BCUT2D eigenvalue weighted by Gasteiger charge is -2.42. The van der Waals surface area contributed by atoms with Crippen molar-refractivity contribution in [2.45, 2.75) is 38.2 Å². The van der Waals surface area contributed by atoms with Crippen molar-refractivity contribution in [2.24, 2.45) is 0 Å². The number of likely N-dealkylation sites (tertiary alicyclic amines) is 1. The SMILES string of the molecule is CCc1ccc(C(=O)N2CCCC3(CC2)CN(c2ccccc2)C(=O)CO3)s1. The number of anilines is 1. The molecule has 0 saturated carbocycles. The number of carbonyl (C=O) groups is 2. The van der Waals surface area contributed by atoms with Gasteiger partial charge in [0, 0.05) is 23.7 Å². The Morgan fingerprint density at radius 2 is 1.96 bits per heavy atom. The summed E-state index contributed by atoms with van der Waals surface area (Å²) in [6.45, 7) is 4.16. The first-order valence-electron chi connectivity index (χ1n) is 9.98. The van der Waals surface area contributed by atoms with E-state index < -0.39 is 0 Å². The summed E-state index contributed by atoms with van der Waals surface area (Å²) in [5.41, 5.74) is 0.543. The van der Waals surface area contributed by atoms with E-state index in [9.17, 15) is 9.59 Å². The fraction of sp³-hybridized carbons (Fsp3) is 0.455. The Labute approximate surface area is 169 Å². The summed E-state index contributed by atoms with van der Waals surface area (Å²) in [5.74, 6) is 0.119. The first-order valence-corrected chi connectivity index (χ1v) is 10.8. The van der Waals surface area contributed by atoms with Crippen molar-refractivity contribution in [2.75, 3.05) is 31.1 Å². The van der Waals surface area contributed by atoms with Gasteiger partial charge < -0.3 is 14.5 Å². The average Bonchev–Trinajstić information content (AvgIpc) is 3.12. The summed E-state index contributed by atoms with van der Waals surface area (Å²) in [5, 5.41) is 0. The molecule has 2 aliphatic rings. The zero-order valence-electron chi connectivity index (χ0n) is 16.2. The second kappa shape index (κ2) is 8.05. The number of ether oxygens (including phenoxy) is 1. The molecule has 2 amide bonds. The first-order chi connectivity index (χ1) is 13.6. The monoisotopic (exact) mass is 398 g/mol. The quantitative estimate of drug-likeness (QED) is 0.791. The Bertz CT molecular complexity index is 850. The van der Waals surface area contributed by atoms with Crippen LogP contribution in [0.25, 0.3) is 0 Å². The van der Waals surface area contributed by atoms with Crippen molar-refractivity contribution in [1.29, 1.82) is 0 Å². The Morgan fingerprint density at radius 3 is 2.71 bits per heavy atom. The van der Waals surface area contributed by atoms with Crippen molar-refractivity contribution in [3.63, 3.8) is 0 Å². The Morgan fingerprint density at radius 1 is 1.14 bits per heavy atom. The van der Waals surface area contributed by atoms with E-state index in [1.54, 1.807) is 11.3 Å². The topological polar surface area (TPSA) is 49.9 Å². The minimum Gasteiger partial charge on any atom is -0.363 e. The predicted octanol–water partition coefficient (Wildman–Crippen LogP) is 3.74. The standard InChI is InChI=1S/C22H26N2O3S/c1-2-18-9-10-19(28-18)21(26)23-13-6-11-22(12-14-23)16-24(20(25)15-27-22)17-7-4-3-5-8-17/h3-5,7-10H,2,6,11-16H2,1H3. The number of benzene rings is 1. The number of nitrogens with zero attached hydrogens (tertiary/aromatic N) is 2. The molecule has 2 fully saturated rings. The van der Waals surface area contributed by atoms with Crippen molar-refractivity contribution in [3.8, 4) is 0 Å². The van der Waals surface area contributed by atoms with Gasteiger partial charge in [0.2, 0.25) is 0 Å². The molecule has 6 heteroatoms. The van der Waals surface area contributed by atoms with Gasteiger partial charge in [-0.05, 0) is 49.9 Å². The molecule has 0 radical (unpaired) electrons. The van der Waals surface area contributed by atoms with Crippen LogP contribution in [0.2, 0.25) is 0 Å². The summed E-state index contributed by atoms with van der Waals surface area (Å²) >= 11 is 1.59. The number of hydrogen-bond acceptors (Lipinski definition) is 4. The molecule has 0 aliphatic carbocycles. The molecule has 148 valence electrons. The fourth-order valence-corrected chi connectivity index (χ4v) is 4.99. The Kier molecular flexibility index (Phi) is 5.51. The summed E-state index contributed by atoms with van der Waals surface area (Å²) in [6.07, 6.45) is 3.45. The van der Waals surface area contributed by atoms with Gasteiger partial charge >= 0.3 is 0 Å². The molecule has 0 N–H and O–H groups in total. The van der Waals surface area contributed by atoms with E-state index in [1.165, 1.54) is 4.88 Å². The smallest absolute Gasteiger partial charge is 0.263 e. The van der Waals surface area contributed by atoms with Crippen molar-refractivity contribution >= 4 is 28.8 Å². The van der Waals surface area contributed by atoms with E-state index >= 15 is 0 Å². The number of hydrogen-bond donors (Lipinski definition) is 0. The third kappa shape index (κ3) is 3.84. The molecule has 1 unspecified atom stereocenters. The summed E-state index contributed by atoms with van der Waals surface area (Å²) in [7, 11) is 0. The molecule has 2 aliphatic heterocycles. The minimum absolute atomic E-state index is 0.000292. The molecule has 1 aromatic carbocycles. The predicted molar refractivity (Wildman–Crippen MR) is 111 cm³/mol. The molecule has 4 rings (SSSR count). The number of carbonyl (C=O) groups excluding carboxylic acids is 2. The molecule has 2 aromatic rings. The van der Waals surface area contributed by atoms with Crippen LogP contribution < -0.4 is 4.90 Å². The Balaban J connectivity index is 1.47. The molecule has 5 nitrogen and oxygen atoms in total. The van der Waals surface area contributed by atoms with Gasteiger partial charge in [-0.3, -0.25) is 9.59 Å². The van der Waals surface area contributed by atoms with Gasteiger partial charge in [-0.15, -0.1) is 11.3 Å². The van der Waals surface area contributed by atoms with Gasteiger partial charge in [0.1, 0.15) is 6.61 Å². The van der Waals surface area contributed by atoms with Gasteiger partial charge in [0.05, 0.1) is 17.0 Å². The van der Waals surface area contributed by atoms with E-state index in [0.717, 1.165) is 42.8 Å². The van der Waals surface area contributed by atoms with Crippen molar-refractivity contribution < 1.29 is 14.3 Å². The molecule has 3 heterocycles. The van der Waals surface area contributed by atoms with Crippen LogP contribution in [0.5, 0.6) is 0 Å². The highest BCUT2D eigenvalue weighted by Crippen LogP contribution is 2.33. The third-order valence-corrected chi connectivity index (χ3v) is 6.94. The molecular formula is C22H26N2O3S. The lowest BCUT2D eigenvalue weighted by Crippen LogP contribution is -2.55. The average molecular weight is 399 g/mol. The second-order valence-corrected chi connectivity index (χ2v) is 8.72. The summed E-state index contributed by atoms with van der Waals surface area (Å²) in [6, 6.07) is 13.8. The number of rotatable bonds is 3. The maximum atomic E-state index is 12.9. The van der Waals surface area contributed by atoms with Crippen LogP contribution in [0.4, 0.5) is 5.69 Å². The normalized spacial score (nSPS) is 23.1. The van der Waals surface area contributed by atoms with Crippen LogP contribution in [0.15, 0.2) is 42.5 Å². The molecule has 1 spiro atoms. The van der Waals surface area contributed by atoms with Crippen LogP contribution in [0.3, 0.4) is 0 Å². The van der Waals surface area contributed by atoms with Crippen LogP contribution in [-0.4, -0.2) is 48.6 Å². The lowest BCUT2D eigenvalue weighted by atomic mass is 9.92. The fourth-order valence-electron chi connectivity index (χ4n) is 4.07. The lowest BCUT2D eigenvalue weighted by molar-refractivity contribution is -0.140. The number of aryl methyl sites for hydroxylation is 1. The van der Waals surface area contributed by atoms with Gasteiger partial charge in [0.15, 0.2) is 0 Å².